The van der Waals surface area contributed by atoms with Crippen molar-refractivity contribution in [1.82, 2.24) is 15.1 Å². The molecular formula is C25H29N3O6. The Morgan fingerprint density at radius 3 is 2.41 bits per heavy atom. The van der Waals surface area contributed by atoms with Crippen LogP contribution in [-0.2, 0) is 14.3 Å². The predicted molar refractivity (Wildman–Crippen MR) is 122 cm³/mol. The van der Waals surface area contributed by atoms with Crippen LogP contribution in [-0.4, -0.2) is 64.5 Å². The van der Waals surface area contributed by atoms with Gasteiger partial charge < -0.3 is 14.4 Å². The zero-order valence-corrected chi connectivity index (χ0v) is 19.7. The van der Waals surface area contributed by atoms with Crippen molar-refractivity contribution in [2.75, 3.05) is 13.1 Å². The Kier molecular flexibility index (Phi) is 5.37. The third-order valence-electron chi connectivity index (χ3n) is 6.55. The summed E-state index contributed by atoms with van der Waals surface area (Å²) in [6, 6.07) is 4.73. The maximum atomic E-state index is 13.5. The van der Waals surface area contributed by atoms with Gasteiger partial charge in [0.2, 0.25) is 11.8 Å². The van der Waals surface area contributed by atoms with E-state index >= 15 is 0 Å². The van der Waals surface area contributed by atoms with Gasteiger partial charge in [0, 0.05) is 12.0 Å². The van der Waals surface area contributed by atoms with Crippen molar-refractivity contribution in [1.29, 1.82) is 0 Å². The number of likely N-dealkylation sites (tertiary alicyclic amines) is 1. The fourth-order valence-electron chi connectivity index (χ4n) is 4.70. The van der Waals surface area contributed by atoms with Gasteiger partial charge in [-0.3, -0.25) is 24.6 Å². The van der Waals surface area contributed by atoms with E-state index in [2.05, 4.69) is 5.32 Å². The molecule has 180 valence electrons. The third kappa shape index (κ3) is 4.03. The monoisotopic (exact) mass is 467 g/mol. The average molecular weight is 468 g/mol. The molecule has 3 heterocycles. The molecule has 1 N–H and O–H groups in total. The molecule has 5 rings (SSSR count). The summed E-state index contributed by atoms with van der Waals surface area (Å²) >= 11 is 0. The Morgan fingerprint density at radius 1 is 1.06 bits per heavy atom. The molecule has 3 fully saturated rings. The highest BCUT2D eigenvalue weighted by Gasteiger charge is 2.44. The molecule has 1 aromatic rings. The van der Waals surface area contributed by atoms with Crippen molar-refractivity contribution in [3.63, 3.8) is 0 Å². The number of piperidine rings is 1. The van der Waals surface area contributed by atoms with Gasteiger partial charge in [0.15, 0.2) is 0 Å². The normalized spacial score (nSPS) is 22.8. The topological polar surface area (TPSA) is 105 Å². The number of fused-ring (bicyclic) bond motifs is 1. The molecule has 1 unspecified atom stereocenters. The molecule has 1 atom stereocenters. The molecule has 0 spiro atoms. The largest absolute Gasteiger partial charge is 0.487 e. The minimum atomic E-state index is -0.695. The van der Waals surface area contributed by atoms with Gasteiger partial charge in [0.05, 0.1) is 24.4 Å². The van der Waals surface area contributed by atoms with E-state index in [9.17, 15) is 19.2 Å². The van der Waals surface area contributed by atoms with Crippen LogP contribution < -0.4 is 10.1 Å². The lowest BCUT2D eigenvalue weighted by atomic mass is 9.87. The van der Waals surface area contributed by atoms with Crippen LogP contribution in [0.2, 0.25) is 0 Å². The number of carbonyl (C=O) groups excluding carboxylic acids is 4. The number of ether oxygens (including phenoxy) is 2. The lowest BCUT2D eigenvalue weighted by Gasteiger charge is -2.39. The van der Waals surface area contributed by atoms with Gasteiger partial charge in [-0.2, -0.15) is 0 Å². The summed E-state index contributed by atoms with van der Waals surface area (Å²) in [4.78, 5) is 53.0. The Balaban J connectivity index is 1.33. The number of allylic oxidation sites excluding steroid dienone is 1. The number of benzene rings is 1. The minimum Gasteiger partial charge on any atom is -0.487 e. The van der Waals surface area contributed by atoms with Crippen LogP contribution in [0.15, 0.2) is 23.8 Å². The van der Waals surface area contributed by atoms with Crippen molar-refractivity contribution in [2.45, 2.75) is 70.6 Å². The van der Waals surface area contributed by atoms with E-state index in [0.717, 1.165) is 36.1 Å². The third-order valence-corrected chi connectivity index (χ3v) is 6.55. The van der Waals surface area contributed by atoms with E-state index in [-0.39, 0.29) is 30.4 Å². The highest BCUT2D eigenvalue weighted by molar-refractivity contribution is 6.13. The molecule has 34 heavy (non-hydrogen) atoms. The van der Waals surface area contributed by atoms with Crippen molar-refractivity contribution in [3.8, 4) is 5.75 Å². The lowest BCUT2D eigenvalue weighted by molar-refractivity contribution is -0.136. The number of hydrogen-bond donors (Lipinski definition) is 1. The predicted octanol–water partition coefficient (Wildman–Crippen LogP) is 2.84. The summed E-state index contributed by atoms with van der Waals surface area (Å²) in [6.07, 6.45) is 2.82. The molecular weight excluding hydrogens is 438 g/mol. The highest BCUT2D eigenvalue weighted by Crippen LogP contribution is 2.44. The van der Waals surface area contributed by atoms with E-state index in [4.69, 9.17) is 9.47 Å². The van der Waals surface area contributed by atoms with Crippen LogP contribution in [0.3, 0.4) is 0 Å². The fourth-order valence-corrected chi connectivity index (χ4v) is 4.70. The first kappa shape index (κ1) is 22.4. The van der Waals surface area contributed by atoms with Crippen LogP contribution in [0.5, 0.6) is 5.75 Å². The first-order valence-electron chi connectivity index (χ1n) is 11.8. The zero-order chi connectivity index (χ0) is 24.2. The van der Waals surface area contributed by atoms with Crippen LogP contribution in [0.25, 0.3) is 5.70 Å². The van der Waals surface area contributed by atoms with E-state index in [1.165, 1.54) is 0 Å². The average Bonchev–Trinajstić information content (AvgIpc) is 2.94. The number of imide groups is 1. The first-order valence-corrected chi connectivity index (χ1v) is 11.8. The van der Waals surface area contributed by atoms with E-state index in [1.807, 2.05) is 32.9 Å². The maximum absolute atomic E-state index is 13.5. The zero-order valence-electron chi connectivity index (χ0n) is 19.7. The van der Waals surface area contributed by atoms with Crippen LogP contribution >= 0.6 is 0 Å². The number of rotatable bonds is 3. The van der Waals surface area contributed by atoms with Gasteiger partial charge in [-0.1, -0.05) is 0 Å². The highest BCUT2D eigenvalue weighted by atomic mass is 16.6. The van der Waals surface area contributed by atoms with Crippen LogP contribution in [0, 0.1) is 0 Å². The molecule has 0 radical (unpaired) electrons. The molecule has 1 aromatic carbocycles. The summed E-state index contributed by atoms with van der Waals surface area (Å²) in [6.45, 7) is 6.30. The van der Waals surface area contributed by atoms with Gasteiger partial charge in [-0.25, -0.2) is 4.79 Å². The van der Waals surface area contributed by atoms with Gasteiger partial charge in [-0.15, -0.1) is 0 Å². The lowest BCUT2D eigenvalue weighted by Crippen LogP contribution is -2.57. The van der Waals surface area contributed by atoms with E-state index < -0.39 is 17.6 Å². The first-order chi connectivity index (χ1) is 16.1. The summed E-state index contributed by atoms with van der Waals surface area (Å²) in [7, 11) is 0. The van der Waals surface area contributed by atoms with E-state index in [1.54, 1.807) is 15.9 Å². The van der Waals surface area contributed by atoms with Crippen molar-refractivity contribution in [2.24, 2.45) is 0 Å². The quantitative estimate of drug-likeness (QED) is 0.686. The molecule has 1 saturated carbocycles. The number of nitrogens with zero attached hydrogens (tertiary/aromatic N) is 2. The molecule has 0 aromatic heterocycles. The van der Waals surface area contributed by atoms with Gasteiger partial charge >= 0.3 is 6.09 Å². The number of carbonyl (C=O) groups is 4. The Hall–Kier alpha value is -3.36. The summed E-state index contributed by atoms with van der Waals surface area (Å²) in [5.74, 6) is -0.430. The van der Waals surface area contributed by atoms with Crippen molar-refractivity contribution < 1.29 is 28.7 Å². The Morgan fingerprint density at radius 2 is 1.79 bits per heavy atom. The SMILES string of the molecule is CC(C)(C)OC(=O)N1CC(Oc2ccc3c(c2)C(=O)N(C2CCC(=O)NC2=O)C3=C2CCC2)C1. The second-order valence-electron chi connectivity index (χ2n) is 10.3. The smallest absolute Gasteiger partial charge is 0.410 e. The Labute approximate surface area is 198 Å². The molecule has 3 aliphatic heterocycles. The molecule has 4 aliphatic rings. The molecule has 1 aliphatic carbocycles. The van der Waals surface area contributed by atoms with Crippen molar-refractivity contribution >= 4 is 29.5 Å². The van der Waals surface area contributed by atoms with Crippen LogP contribution in [0.4, 0.5) is 4.79 Å². The van der Waals surface area contributed by atoms with Gasteiger partial charge in [0.25, 0.3) is 5.91 Å². The molecule has 9 heteroatoms. The standard InChI is InChI=1S/C25H29N3O6/c1-25(2,3)34-24(32)27-12-16(13-27)33-15-7-8-17-18(11-15)23(31)28(21(17)14-5-4-6-14)19-9-10-20(29)26-22(19)30/h7-8,11,16,19H,4-6,9-10,12-13H2,1-3H3,(H,26,29,30). The second kappa shape index (κ2) is 8.14. The molecule has 9 nitrogen and oxygen atoms in total. The Bertz CT molecular complexity index is 1110. The van der Waals surface area contributed by atoms with Gasteiger partial charge in [0.1, 0.15) is 23.5 Å². The minimum absolute atomic E-state index is 0.183. The molecule has 2 saturated heterocycles. The number of hydrogen-bond acceptors (Lipinski definition) is 6. The summed E-state index contributed by atoms with van der Waals surface area (Å²) < 4.78 is 11.4. The van der Waals surface area contributed by atoms with Crippen molar-refractivity contribution in [3.05, 3.63) is 34.9 Å². The number of amides is 4. The fraction of sp³-hybridized carbons (Fsp3) is 0.520. The summed E-state index contributed by atoms with van der Waals surface area (Å²) in [5.41, 5.74) is 2.73. The van der Waals surface area contributed by atoms with Crippen LogP contribution in [0.1, 0.15) is 68.8 Å². The summed E-state index contributed by atoms with van der Waals surface area (Å²) in [5, 5.41) is 2.37. The maximum Gasteiger partial charge on any atom is 0.410 e. The van der Waals surface area contributed by atoms with E-state index in [0.29, 0.717) is 30.8 Å². The molecule has 4 amide bonds. The van der Waals surface area contributed by atoms with Gasteiger partial charge in [-0.05, 0) is 70.2 Å². The number of nitrogens with one attached hydrogen (secondary N) is 1. The molecule has 0 bridgehead atoms. The second-order valence-corrected chi connectivity index (χ2v) is 10.3.